The fourth-order valence-corrected chi connectivity index (χ4v) is 6.91. The molecule has 0 fully saturated rings. The lowest BCUT2D eigenvalue weighted by molar-refractivity contribution is -0.125. The van der Waals surface area contributed by atoms with Crippen LogP contribution >= 0.6 is 0 Å². The van der Waals surface area contributed by atoms with E-state index in [1.807, 2.05) is 91.9 Å². The van der Waals surface area contributed by atoms with Crippen molar-refractivity contribution >= 4 is 37.5 Å². The zero-order valence-electron chi connectivity index (χ0n) is 21.0. The SMILES string of the molecule is CC(NC(=O)C1Cc2ccccc2CN1S(=O)(=O)c1ccc2ccccc2c1)c1ccc2ccccc2c1. The lowest BCUT2D eigenvalue weighted by atomic mass is 9.95. The molecule has 0 saturated carbocycles. The molecule has 5 aromatic rings. The van der Waals surface area contributed by atoms with Crippen molar-refractivity contribution in [1.29, 1.82) is 0 Å². The van der Waals surface area contributed by atoms with E-state index < -0.39 is 16.1 Å². The van der Waals surface area contributed by atoms with Gasteiger partial charge in [-0.3, -0.25) is 4.79 Å². The molecule has 1 N–H and O–H groups in total. The third kappa shape index (κ3) is 4.46. The van der Waals surface area contributed by atoms with E-state index in [0.717, 1.165) is 38.2 Å². The van der Waals surface area contributed by atoms with E-state index in [-0.39, 0.29) is 23.4 Å². The number of fused-ring (bicyclic) bond motifs is 3. The summed E-state index contributed by atoms with van der Waals surface area (Å²) in [5.74, 6) is -0.301. The Morgan fingerprint density at radius 2 is 1.34 bits per heavy atom. The van der Waals surface area contributed by atoms with E-state index in [0.29, 0.717) is 6.42 Å². The molecular formula is C32H28N2O3S. The van der Waals surface area contributed by atoms with Gasteiger partial charge in [0.05, 0.1) is 10.9 Å². The summed E-state index contributed by atoms with van der Waals surface area (Å²) in [6, 6.07) is 33.6. The van der Waals surface area contributed by atoms with Gasteiger partial charge in [0, 0.05) is 6.54 Å². The van der Waals surface area contributed by atoms with Gasteiger partial charge in [0.2, 0.25) is 15.9 Å². The second kappa shape index (κ2) is 9.71. The zero-order chi connectivity index (χ0) is 26.3. The van der Waals surface area contributed by atoms with Gasteiger partial charge in [0.1, 0.15) is 6.04 Å². The predicted molar refractivity (Wildman–Crippen MR) is 151 cm³/mol. The van der Waals surface area contributed by atoms with E-state index in [1.54, 1.807) is 12.1 Å². The van der Waals surface area contributed by atoms with Crippen LogP contribution in [0.15, 0.2) is 114 Å². The molecule has 2 atom stereocenters. The minimum Gasteiger partial charge on any atom is -0.348 e. The molecule has 0 radical (unpaired) electrons. The molecule has 0 aliphatic carbocycles. The Labute approximate surface area is 222 Å². The van der Waals surface area contributed by atoms with Crippen LogP contribution < -0.4 is 5.32 Å². The summed E-state index contributed by atoms with van der Waals surface area (Å²) in [5, 5.41) is 7.14. The summed E-state index contributed by atoms with van der Waals surface area (Å²) >= 11 is 0. The average Bonchev–Trinajstić information content (AvgIpc) is 2.95. The van der Waals surface area contributed by atoms with Gasteiger partial charge < -0.3 is 5.32 Å². The van der Waals surface area contributed by atoms with Crippen molar-refractivity contribution in [1.82, 2.24) is 9.62 Å². The summed E-state index contributed by atoms with van der Waals surface area (Å²) in [5.41, 5.74) is 2.89. The predicted octanol–water partition coefficient (Wildman–Crippen LogP) is 5.99. The number of benzene rings is 5. The highest BCUT2D eigenvalue weighted by Crippen LogP contribution is 2.31. The lowest BCUT2D eigenvalue weighted by Crippen LogP contribution is -2.52. The topological polar surface area (TPSA) is 66.5 Å². The molecule has 38 heavy (non-hydrogen) atoms. The number of carbonyl (C=O) groups is 1. The maximum atomic E-state index is 14.0. The second-order valence-electron chi connectivity index (χ2n) is 9.88. The van der Waals surface area contributed by atoms with Crippen LogP contribution in [0.3, 0.4) is 0 Å². The lowest BCUT2D eigenvalue weighted by Gasteiger charge is -2.35. The smallest absolute Gasteiger partial charge is 0.244 e. The first kappa shape index (κ1) is 24.3. The fourth-order valence-electron chi connectivity index (χ4n) is 5.31. The Morgan fingerprint density at radius 3 is 2.05 bits per heavy atom. The van der Waals surface area contributed by atoms with Gasteiger partial charge in [0.25, 0.3) is 0 Å². The van der Waals surface area contributed by atoms with Crippen LogP contribution in [-0.4, -0.2) is 24.7 Å². The molecule has 6 rings (SSSR count). The molecule has 0 saturated heterocycles. The first-order chi connectivity index (χ1) is 18.4. The molecule has 5 nitrogen and oxygen atoms in total. The highest BCUT2D eigenvalue weighted by atomic mass is 32.2. The van der Waals surface area contributed by atoms with Gasteiger partial charge in [-0.15, -0.1) is 0 Å². The van der Waals surface area contributed by atoms with Crippen LogP contribution in [0, 0.1) is 0 Å². The van der Waals surface area contributed by atoms with Gasteiger partial charge >= 0.3 is 0 Å². The van der Waals surface area contributed by atoms with Crippen LogP contribution in [0.1, 0.15) is 29.7 Å². The summed E-state index contributed by atoms with van der Waals surface area (Å²) in [6.07, 6.45) is 0.319. The second-order valence-corrected chi connectivity index (χ2v) is 11.8. The molecule has 0 bridgehead atoms. The molecule has 1 amide bonds. The molecule has 1 heterocycles. The number of amides is 1. The van der Waals surface area contributed by atoms with E-state index in [4.69, 9.17) is 0 Å². The molecule has 1 aliphatic rings. The van der Waals surface area contributed by atoms with Gasteiger partial charge in [-0.1, -0.05) is 91.0 Å². The molecule has 6 heteroatoms. The van der Waals surface area contributed by atoms with Gasteiger partial charge in [-0.05, 0) is 69.8 Å². The highest BCUT2D eigenvalue weighted by Gasteiger charge is 2.40. The molecule has 1 aliphatic heterocycles. The largest absolute Gasteiger partial charge is 0.348 e. The minimum atomic E-state index is -3.95. The maximum absolute atomic E-state index is 14.0. The quantitative estimate of drug-likeness (QED) is 0.310. The van der Waals surface area contributed by atoms with Crippen molar-refractivity contribution in [3.8, 4) is 0 Å². The summed E-state index contributed by atoms with van der Waals surface area (Å²) in [7, 11) is -3.95. The molecule has 5 aromatic carbocycles. The van der Waals surface area contributed by atoms with Crippen LogP contribution in [0.4, 0.5) is 0 Å². The van der Waals surface area contributed by atoms with Gasteiger partial charge in [-0.2, -0.15) is 4.31 Å². The number of nitrogens with one attached hydrogen (secondary N) is 1. The van der Waals surface area contributed by atoms with E-state index in [2.05, 4.69) is 17.4 Å². The Hall–Kier alpha value is -4.00. The maximum Gasteiger partial charge on any atom is 0.244 e. The highest BCUT2D eigenvalue weighted by molar-refractivity contribution is 7.89. The molecule has 0 spiro atoms. The van der Waals surface area contributed by atoms with Gasteiger partial charge in [-0.25, -0.2) is 8.42 Å². The van der Waals surface area contributed by atoms with Crippen LogP contribution in [0.2, 0.25) is 0 Å². The summed E-state index contributed by atoms with van der Waals surface area (Å²) in [4.78, 5) is 13.9. The Kier molecular flexibility index (Phi) is 6.22. The summed E-state index contributed by atoms with van der Waals surface area (Å²) in [6.45, 7) is 2.08. The van der Waals surface area contributed by atoms with Crippen LogP contribution in [0.25, 0.3) is 21.5 Å². The van der Waals surface area contributed by atoms with Crippen molar-refractivity contribution < 1.29 is 13.2 Å². The first-order valence-electron chi connectivity index (χ1n) is 12.8. The molecule has 2 unspecified atom stereocenters. The third-order valence-electron chi connectivity index (χ3n) is 7.47. The number of rotatable bonds is 5. The number of hydrogen-bond donors (Lipinski definition) is 1. The standard InChI is InChI=1S/C32H28N2O3S/c1-22(25-15-14-23-8-2-4-10-26(23)18-25)33-32(35)31-20-28-12-6-7-13-29(28)21-34(31)38(36,37)30-17-16-24-9-3-5-11-27(24)19-30/h2-19,22,31H,20-21H2,1H3,(H,33,35). The molecular weight excluding hydrogens is 492 g/mol. The third-order valence-corrected chi connectivity index (χ3v) is 9.32. The zero-order valence-corrected chi connectivity index (χ0v) is 21.9. The minimum absolute atomic E-state index is 0.147. The Morgan fingerprint density at radius 1 is 0.763 bits per heavy atom. The van der Waals surface area contributed by atoms with Crippen molar-refractivity contribution in [2.45, 2.75) is 36.9 Å². The number of carbonyl (C=O) groups excluding carboxylic acids is 1. The first-order valence-corrected chi connectivity index (χ1v) is 14.2. The Balaban J connectivity index is 1.33. The van der Waals surface area contributed by atoms with Gasteiger partial charge in [0.15, 0.2) is 0 Å². The Bertz CT molecular complexity index is 1780. The number of hydrogen-bond acceptors (Lipinski definition) is 3. The monoisotopic (exact) mass is 520 g/mol. The van der Waals surface area contributed by atoms with E-state index in [1.165, 1.54) is 4.31 Å². The van der Waals surface area contributed by atoms with Crippen LogP contribution in [-0.2, 0) is 27.8 Å². The fraction of sp³-hybridized carbons (Fsp3) is 0.156. The van der Waals surface area contributed by atoms with Crippen molar-refractivity contribution in [3.05, 3.63) is 126 Å². The number of nitrogens with zero attached hydrogens (tertiary/aromatic N) is 1. The summed E-state index contributed by atoms with van der Waals surface area (Å²) < 4.78 is 29.4. The average molecular weight is 521 g/mol. The van der Waals surface area contributed by atoms with Crippen molar-refractivity contribution in [3.63, 3.8) is 0 Å². The van der Waals surface area contributed by atoms with Crippen LogP contribution in [0.5, 0.6) is 0 Å². The number of sulfonamides is 1. The van der Waals surface area contributed by atoms with Crippen molar-refractivity contribution in [2.75, 3.05) is 0 Å². The molecule has 190 valence electrons. The molecule has 0 aromatic heterocycles. The van der Waals surface area contributed by atoms with E-state index in [9.17, 15) is 13.2 Å². The van der Waals surface area contributed by atoms with E-state index >= 15 is 0 Å². The normalized spacial score (nSPS) is 16.7. The van der Waals surface area contributed by atoms with Crippen molar-refractivity contribution in [2.24, 2.45) is 0 Å².